The normalized spacial score (nSPS) is 16.4. The summed E-state index contributed by atoms with van der Waals surface area (Å²) in [5.41, 5.74) is 0.466. The number of nitrogens with one attached hydrogen (secondary N) is 1. The van der Waals surface area contributed by atoms with E-state index in [1.807, 2.05) is 11.1 Å². The maximum atomic E-state index is 13.7. The molecule has 190 valence electrons. The predicted molar refractivity (Wildman–Crippen MR) is 137 cm³/mol. The van der Waals surface area contributed by atoms with E-state index in [2.05, 4.69) is 10.3 Å². The van der Waals surface area contributed by atoms with E-state index >= 15 is 0 Å². The van der Waals surface area contributed by atoms with Crippen molar-refractivity contribution in [3.63, 3.8) is 0 Å². The second-order valence-electron chi connectivity index (χ2n) is 9.10. The lowest BCUT2D eigenvalue weighted by Crippen LogP contribution is -2.41. The molecule has 11 nitrogen and oxygen atoms in total. The van der Waals surface area contributed by atoms with Crippen molar-refractivity contribution in [2.75, 3.05) is 32.1 Å². The Kier molecular flexibility index (Phi) is 6.77. The van der Waals surface area contributed by atoms with Crippen LogP contribution in [-0.2, 0) is 24.9 Å². The summed E-state index contributed by atoms with van der Waals surface area (Å²) in [7, 11) is 4.80. The van der Waals surface area contributed by atoms with Crippen molar-refractivity contribution >= 4 is 41.2 Å². The number of aromatic nitrogens is 4. The van der Waals surface area contributed by atoms with Crippen molar-refractivity contribution in [3.05, 3.63) is 68.6 Å². The van der Waals surface area contributed by atoms with Gasteiger partial charge in [-0.25, -0.2) is 4.79 Å². The molecule has 1 atom stereocenters. The Balaban J connectivity index is 0.00000304. The molecule has 36 heavy (non-hydrogen) atoms. The van der Waals surface area contributed by atoms with E-state index < -0.39 is 17.8 Å². The average molecular weight is 514 g/mol. The van der Waals surface area contributed by atoms with Crippen LogP contribution >= 0.6 is 12.4 Å². The van der Waals surface area contributed by atoms with Gasteiger partial charge >= 0.3 is 5.69 Å². The number of rotatable bonds is 6. The fourth-order valence-electron chi connectivity index (χ4n) is 4.70. The molecule has 0 spiro atoms. The zero-order chi connectivity index (χ0) is 24.9. The van der Waals surface area contributed by atoms with E-state index in [0.29, 0.717) is 24.0 Å². The van der Waals surface area contributed by atoms with Crippen LogP contribution in [-0.4, -0.2) is 62.5 Å². The van der Waals surface area contributed by atoms with Crippen LogP contribution in [0.3, 0.4) is 0 Å². The molecule has 12 heteroatoms. The van der Waals surface area contributed by atoms with Gasteiger partial charge in [0.1, 0.15) is 6.54 Å². The molecule has 1 N–H and O–H groups in total. The Bertz CT molecular complexity index is 1490. The van der Waals surface area contributed by atoms with E-state index in [1.165, 1.54) is 16.5 Å². The summed E-state index contributed by atoms with van der Waals surface area (Å²) >= 11 is 0. The third kappa shape index (κ3) is 4.09. The number of amides is 1. The van der Waals surface area contributed by atoms with Crippen molar-refractivity contribution in [2.45, 2.75) is 19.5 Å². The lowest BCUT2D eigenvalue weighted by Gasteiger charge is -2.21. The number of Topliss-reactive ketones (excluding diaryl/α,β-unsaturated/α-hetero) is 1. The van der Waals surface area contributed by atoms with Crippen LogP contribution in [0.1, 0.15) is 16.8 Å². The third-order valence-corrected chi connectivity index (χ3v) is 6.69. The Hall–Kier alpha value is -3.86. The second-order valence-corrected chi connectivity index (χ2v) is 9.10. The minimum absolute atomic E-state index is 0. The molecule has 1 aromatic carbocycles. The minimum atomic E-state index is -0.646. The van der Waals surface area contributed by atoms with Crippen molar-refractivity contribution < 1.29 is 9.59 Å². The largest absolute Gasteiger partial charge is 0.389 e. The van der Waals surface area contributed by atoms with Crippen LogP contribution in [0.25, 0.3) is 11.2 Å². The highest BCUT2D eigenvalue weighted by Crippen LogP contribution is 2.35. The molecule has 1 amide bonds. The van der Waals surface area contributed by atoms with Gasteiger partial charge in [-0.1, -0.05) is 30.3 Å². The molecular weight excluding hydrogens is 486 g/mol. The highest BCUT2D eigenvalue weighted by atomic mass is 35.5. The summed E-state index contributed by atoms with van der Waals surface area (Å²) in [4.78, 5) is 60.5. The molecule has 2 aliphatic heterocycles. The first-order valence-electron chi connectivity index (χ1n) is 11.5. The predicted octanol–water partition coefficient (Wildman–Crippen LogP) is 0.561. The number of imidazole rings is 1. The number of nitrogens with zero attached hydrogens (tertiary/aromatic N) is 6. The summed E-state index contributed by atoms with van der Waals surface area (Å²) in [6.07, 6.45) is 2.85. The zero-order valence-corrected chi connectivity index (χ0v) is 21.1. The van der Waals surface area contributed by atoms with Crippen molar-refractivity contribution in [2.24, 2.45) is 13.0 Å². The van der Waals surface area contributed by atoms with E-state index in [-0.39, 0.29) is 41.8 Å². The number of carbonyl (C=O) groups excluding carboxylic acids is 2. The molecule has 0 saturated carbocycles. The maximum Gasteiger partial charge on any atom is 0.332 e. The van der Waals surface area contributed by atoms with Gasteiger partial charge in [-0.3, -0.25) is 28.1 Å². The summed E-state index contributed by atoms with van der Waals surface area (Å²) in [6.45, 7) is 0.983. The van der Waals surface area contributed by atoms with Crippen LogP contribution in [0.4, 0.5) is 5.95 Å². The molecule has 4 heterocycles. The number of anilines is 1. The lowest BCUT2D eigenvalue weighted by molar-refractivity contribution is -0.129. The van der Waals surface area contributed by atoms with E-state index in [9.17, 15) is 19.2 Å². The first-order chi connectivity index (χ1) is 16.8. The van der Waals surface area contributed by atoms with Crippen LogP contribution in [0.15, 0.2) is 51.8 Å². The number of hydrogen-bond donors (Lipinski definition) is 1. The van der Waals surface area contributed by atoms with Gasteiger partial charge < -0.3 is 15.1 Å². The Morgan fingerprint density at radius 3 is 2.53 bits per heavy atom. The first kappa shape index (κ1) is 25.2. The maximum absolute atomic E-state index is 13.7. The quantitative estimate of drug-likeness (QED) is 0.479. The SMILES string of the molecule is CN(C)C(=O)Cn1c(N2CCC3CNC=C32)nc2c1c(=O)n(CC(=O)c1ccccc1)c(=O)n2C.Cl. The molecule has 3 aromatic rings. The Morgan fingerprint density at radius 2 is 1.83 bits per heavy atom. The number of aryl methyl sites for hydroxylation is 1. The molecule has 2 aliphatic rings. The van der Waals surface area contributed by atoms with Crippen LogP contribution in [0.2, 0.25) is 0 Å². The third-order valence-electron chi connectivity index (χ3n) is 6.69. The molecule has 0 radical (unpaired) electrons. The summed E-state index contributed by atoms with van der Waals surface area (Å²) < 4.78 is 3.76. The molecule has 0 bridgehead atoms. The molecule has 5 rings (SSSR count). The lowest BCUT2D eigenvalue weighted by atomic mass is 10.1. The summed E-state index contributed by atoms with van der Waals surface area (Å²) in [5, 5.41) is 3.24. The first-order valence-corrected chi connectivity index (χ1v) is 11.5. The zero-order valence-electron chi connectivity index (χ0n) is 20.3. The number of ketones is 1. The van der Waals surface area contributed by atoms with Crippen LogP contribution < -0.4 is 21.5 Å². The van der Waals surface area contributed by atoms with Gasteiger partial charge in [0.25, 0.3) is 5.56 Å². The van der Waals surface area contributed by atoms with E-state index in [4.69, 9.17) is 0 Å². The highest BCUT2D eigenvalue weighted by molar-refractivity contribution is 5.96. The fraction of sp³-hybridized carbons (Fsp3) is 0.375. The number of benzene rings is 1. The highest BCUT2D eigenvalue weighted by Gasteiger charge is 2.35. The number of carbonyl (C=O) groups is 2. The molecule has 2 aromatic heterocycles. The minimum Gasteiger partial charge on any atom is -0.389 e. The van der Waals surface area contributed by atoms with Gasteiger partial charge in [-0.05, 0) is 6.42 Å². The smallest absolute Gasteiger partial charge is 0.332 e. The average Bonchev–Trinajstić information content (AvgIpc) is 3.56. The molecule has 1 unspecified atom stereocenters. The van der Waals surface area contributed by atoms with Crippen LogP contribution in [0, 0.1) is 5.92 Å². The number of halogens is 1. The standard InChI is InChI=1S/C24H27N7O4.ClH/c1-27(2)19(33)14-30-20-21(26-23(30)29-10-9-16-11-25-12-17(16)29)28(3)24(35)31(22(20)34)13-18(32)15-7-5-4-6-8-15;/h4-8,12,16,25H,9-11,13-14H2,1-3H3;1H. The monoisotopic (exact) mass is 513 g/mol. The number of likely N-dealkylation sites (N-methyl/N-ethyl adjacent to an activating group) is 1. The van der Waals surface area contributed by atoms with Crippen molar-refractivity contribution in [1.82, 2.24) is 28.9 Å². The van der Waals surface area contributed by atoms with Crippen molar-refractivity contribution in [1.29, 1.82) is 0 Å². The van der Waals surface area contributed by atoms with Gasteiger partial charge in [0.05, 0.1) is 6.54 Å². The van der Waals surface area contributed by atoms with Gasteiger partial charge in [-0.2, -0.15) is 4.98 Å². The van der Waals surface area contributed by atoms with E-state index in [1.54, 1.807) is 49.0 Å². The van der Waals surface area contributed by atoms with Gasteiger partial charge in [0, 0.05) is 57.6 Å². The van der Waals surface area contributed by atoms with Gasteiger partial charge in [0.15, 0.2) is 16.9 Å². The fourth-order valence-corrected chi connectivity index (χ4v) is 4.70. The number of hydrogen-bond acceptors (Lipinski definition) is 7. The number of fused-ring (bicyclic) bond motifs is 2. The Morgan fingerprint density at radius 1 is 1.11 bits per heavy atom. The van der Waals surface area contributed by atoms with Gasteiger partial charge in [0.2, 0.25) is 11.9 Å². The van der Waals surface area contributed by atoms with Crippen molar-refractivity contribution in [3.8, 4) is 0 Å². The molecule has 0 aliphatic carbocycles. The topological polar surface area (TPSA) is 114 Å². The summed E-state index contributed by atoms with van der Waals surface area (Å²) in [6, 6.07) is 8.51. The summed E-state index contributed by atoms with van der Waals surface area (Å²) in [5.74, 6) is 0.188. The molecular formula is C24H28ClN7O4. The molecule has 1 saturated heterocycles. The van der Waals surface area contributed by atoms with E-state index in [0.717, 1.165) is 23.2 Å². The molecule has 1 fully saturated rings. The van der Waals surface area contributed by atoms with Gasteiger partial charge in [-0.15, -0.1) is 12.4 Å². The van der Waals surface area contributed by atoms with Crippen LogP contribution in [0.5, 0.6) is 0 Å². The second kappa shape index (κ2) is 9.65. The Labute approximate surface area is 213 Å².